The largest absolute Gasteiger partial charge is 0.465 e. The Morgan fingerprint density at radius 1 is 1.25 bits per heavy atom. The van der Waals surface area contributed by atoms with E-state index in [1.54, 1.807) is 32.3 Å². The fourth-order valence-electron chi connectivity index (χ4n) is 1.52. The van der Waals surface area contributed by atoms with Gasteiger partial charge in [-0.1, -0.05) is 17.8 Å². The minimum atomic E-state index is -0.339. The standard InChI is InChI=1S/C14H15N3O2S/c1-3-19-13(18)10(2)20-14-16-9-7-12(17-14)11-6-4-5-8-15-11/h4-10H,3H2,1-2H3. The third kappa shape index (κ3) is 3.77. The average Bonchev–Trinajstić information content (AvgIpc) is 2.48. The second kappa shape index (κ2) is 7.00. The second-order valence-corrected chi connectivity index (χ2v) is 5.26. The van der Waals surface area contributed by atoms with E-state index in [1.165, 1.54) is 11.8 Å². The van der Waals surface area contributed by atoms with Gasteiger partial charge in [0.15, 0.2) is 5.16 Å². The molecule has 0 saturated heterocycles. The number of ether oxygens (including phenoxy) is 1. The molecule has 0 radical (unpaired) electrons. The van der Waals surface area contributed by atoms with Gasteiger partial charge in [-0.2, -0.15) is 0 Å². The molecular weight excluding hydrogens is 274 g/mol. The SMILES string of the molecule is CCOC(=O)C(C)Sc1nccc(-c2ccccn2)n1. The Labute approximate surface area is 121 Å². The van der Waals surface area contributed by atoms with Crippen molar-refractivity contribution in [1.82, 2.24) is 15.0 Å². The number of carbonyl (C=O) groups excluding carboxylic acids is 1. The summed E-state index contributed by atoms with van der Waals surface area (Å²) in [5.74, 6) is -0.260. The summed E-state index contributed by atoms with van der Waals surface area (Å²) in [5, 5.41) is 0.197. The lowest BCUT2D eigenvalue weighted by atomic mass is 10.3. The number of thioether (sulfide) groups is 1. The Morgan fingerprint density at radius 2 is 2.10 bits per heavy atom. The van der Waals surface area contributed by atoms with Gasteiger partial charge in [0, 0.05) is 12.4 Å². The van der Waals surface area contributed by atoms with Gasteiger partial charge >= 0.3 is 5.97 Å². The Bertz CT molecular complexity index is 578. The van der Waals surface area contributed by atoms with Crippen LogP contribution in [-0.2, 0) is 9.53 Å². The molecule has 0 spiro atoms. The fraction of sp³-hybridized carbons (Fsp3) is 0.286. The van der Waals surface area contributed by atoms with E-state index in [1.807, 2.05) is 18.2 Å². The lowest BCUT2D eigenvalue weighted by molar-refractivity contribution is -0.142. The van der Waals surface area contributed by atoms with E-state index in [9.17, 15) is 4.79 Å². The topological polar surface area (TPSA) is 65.0 Å². The van der Waals surface area contributed by atoms with Crippen LogP contribution in [0.2, 0.25) is 0 Å². The number of rotatable bonds is 5. The molecule has 2 aromatic heterocycles. The van der Waals surface area contributed by atoms with Crippen molar-refractivity contribution in [2.75, 3.05) is 6.61 Å². The summed E-state index contributed by atoms with van der Waals surface area (Å²) >= 11 is 1.28. The first-order valence-electron chi connectivity index (χ1n) is 6.28. The summed E-state index contributed by atoms with van der Waals surface area (Å²) < 4.78 is 4.96. The van der Waals surface area contributed by atoms with Crippen LogP contribution in [0.5, 0.6) is 0 Å². The van der Waals surface area contributed by atoms with E-state index >= 15 is 0 Å². The van der Waals surface area contributed by atoms with Gasteiger partial charge in [0.2, 0.25) is 0 Å². The minimum Gasteiger partial charge on any atom is -0.465 e. The molecule has 0 aliphatic rings. The summed E-state index contributed by atoms with van der Waals surface area (Å²) in [4.78, 5) is 24.4. The molecule has 2 heterocycles. The molecular formula is C14H15N3O2S. The molecule has 0 bridgehead atoms. The summed E-state index contributed by atoms with van der Waals surface area (Å²) in [6.45, 7) is 3.94. The van der Waals surface area contributed by atoms with Crippen molar-refractivity contribution in [3.05, 3.63) is 36.7 Å². The zero-order valence-electron chi connectivity index (χ0n) is 11.3. The van der Waals surface area contributed by atoms with E-state index in [-0.39, 0.29) is 11.2 Å². The van der Waals surface area contributed by atoms with Crippen molar-refractivity contribution in [3.8, 4) is 11.4 Å². The molecule has 0 amide bonds. The molecule has 0 N–H and O–H groups in total. The molecule has 0 aliphatic heterocycles. The average molecular weight is 289 g/mol. The lowest BCUT2D eigenvalue weighted by Crippen LogP contribution is -2.17. The van der Waals surface area contributed by atoms with E-state index in [4.69, 9.17) is 4.74 Å². The molecule has 20 heavy (non-hydrogen) atoms. The Kier molecular flexibility index (Phi) is 5.06. The van der Waals surface area contributed by atoms with Gasteiger partial charge in [0.05, 0.1) is 18.0 Å². The molecule has 0 aliphatic carbocycles. The minimum absolute atomic E-state index is 0.260. The van der Waals surface area contributed by atoms with Gasteiger partial charge in [-0.25, -0.2) is 9.97 Å². The third-order valence-corrected chi connectivity index (χ3v) is 3.42. The predicted molar refractivity (Wildman–Crippen MR) is 77.2 cm³/mol. The Morgan fingerprint density at radius 3 is 2.80 bits per heavy atom. The summed E-state index contributed by atoms with van der Waals surface area (Å²) in [5.41, 5.74) is 1.51. The zero-order valence-corrected chi connectivity index (χ0v) is 12.1. The van der Waals surface area contributed by atoms with Crippen LogP contribution in [0.15, 0.2) is 41.8 Å². The molecule has 6 heteroatoms. The molecule has 0 fully saturated rings. The van der Waals surface area contributed by atoms with Crippen LogP contribution in [0.3, 0.4) is 0 Å². The molecule has 0 aromatic carbocycles. The van der Waals surface area contributed by atoms with Gasteiger partial charge < -0.3 is 4.74 Å². The summed E-state index contributed by atoms with van der Waals surface area (Å²) in [7, 11) is 0. The molecule has 1 unspecified atom stereocenters. The first-order chi connectivity index (χ1) is 9.70. The van der Waals surface area contributed by atoms with Gasteiger partial charge in [-0.05, 0) is 32.0 Å². The number of nitrogens with zero attached hydrogens (tertiary/aromatic N) is 3. The van der Waals surface area contributed by atoms with Gasteiger partial charge in [-0.3, -0.25) is 9.78 Å². The first-order valence-corrected chi connectivity index (χ1v) is 7.16. The Hall–Kier alpha value is -1.95. The van der Waals surface area contributed by atoms with Gasteiger partial charge in [0.1, 0.15) is 5.25 Å². The van der Waals surface area contributed by atoms with E-state index in [2.05, 4.69) is 15.0 Å². The monoisotopic (exact) mass is 289 g/mol. The van der Waals surface area contributed by atoms with E-state index in [0.717, 1.165) is 11.4 Å². The second-order valence-electron chi connectivity index (χ2n) is 3.95. The molecule has 2 rings (SSSR count). The lowest BCUT2D eigenvalue weighted by Gasteiger charge is -2.09. The maximum atomic E-state index is 11.6. The number of hydrogen-bond donors (Lipinski definition) is 0. The van der Waals surface area contributed by atoms with Crippen LogP contribution in [0.1, 0.15) is 13.8 Å². The smallest absolute Gasteiger partial charge is 0.319 e. The highest BCUT2D eigenvalue weighted by Crippen LogP contribution is 2.22. The van der Waals surface area contributed by atoms with Crippen molar-refractivity contribution in [2.24, 2.45) is 0 Å². The van der Waals surface area contributed by atoms with Crippen LogP contribution >= 0.6 is 11.8 Å². The fourth-order valence-corrected chi connectivity index (χ4v) is 2.27. The van der Waals surface area contributed by atoms with Crippen LogP contribution in [0.4, 0.5) is 0 Å². The van der Waals surface area contributed by atoms with Crippen molar-refractivity contribution >= 4 is 17.7 Å². The maximum absolute atomic E-state index is 11.6. The van der Waals surface area contributed by atoms with Crippen molar-refractivity contribution in [3.63, 3.8) is 0 Å². The number of carbonyl (C=O) groups is 1. The summed E-state index contributed by atoms with van der Waals surface area (Å²) in [6.07, 6.45) is 3.38. The number of hydrogen-bond acceptors (Lipinski definition) is 6. The number of pyridine rings is 1. The van der Waals surface area contributed by atoms with Crippen LogP contribution in [0.25, 0.3) is 11.4 Å². The van der Waals surface area contributed by atoms with Crippen LogP contribution < -0.4 is 0 Å². The molecule has 104 valence electrons. The molecule has 1 atom stereocenters. The van der Waals surface area contributed by atoms with Crippen LogP contribution in [-0.4, -0.2) is 32.8 Å². The van der Waals surface area contributed by atoms with Gasteiger partial charge in [-0.15, -0.1) is 0 Å². The van der Waals surface area contributed by atoms with Crippen molar-refractivity contribution < 1.29 is 9.53 Å². The summed E-state index contributed by atoms with van der Waals surface area (Å²) in [6, 6.07) is 7.43. The van der Waals surface area contributed by atoms with Crippen LogP contribution in [0, 0.1) is 0 Å². The van der Waals surface area contributed by atoms with Gasteiger partial charge in [0.25, 0.3) is 0 Å². The quantitative estimate of drug-likeness (QED) is 0.479. The maximum Gasteiger partial charge on any atom is 0.319 e. The highest BCUT2D eigenvalue weighted by atomic mass is 32.2. The molecule has 0 saturated carbocycles. The van der Waals surface area contributed by atoms with E-state index < -0.39 is 0 Å². The van der Waals surface area contributed by atoms with Crippen molar-refractivity contribution in [2.45, 2.75) is 24.3 Å². The molecule has 2 aromatic rings. The zero-order chi connectivity index (χ0) is 14.4. The third-order valence-electron chi connectivity index (χ3n) is 2.46. The van der Waals surface area contributed by atoms with Crippen molar-refractivity contribution in [1.29, 1.82) is 0 Å². The highest BCUT2D eigenvalue weighted by Gasteiger charge is 2.17. The predicted octanol–water partition coefficient (Wildman–Crippen LogP) is 2.58. The highest BCUT2D eigenvalue weighted by molar-refractivity contribution is 8.00. The Balaban J connectivity index is 2.12. The normalized spacial score (nSPS) is 11.9. The number of esters is 1. The van der Waals surface area contributed by atoms with E-state index in [0.29, 0.717) is 11.8 Å². The first kappa shape index (κ1) is 14.5. The molecule has 5 nitrogen and oxygen atoms in total. The number of aromatic nitrogens is 3.